The Morgan fingerprint density at radius 3 is 2.15 bits per heavy atom. The van der Waals surface area contributed by atoms with Gasteiger partial charge in [-0.05, 0) is 19.4 Å². The van der Waals surface area contributed by atoms with Crippen molar-refractivity contribution in [1.82, 2.24) is 9.80 Å². The number of nitrogens with zero attached hydrogens (tertiary/aromatic N) is 2. The number of aryl methyl sites for hydroxylation is 2. The molecule has 1 aliphatic rings. The van der Waals surface area contributed by atoms with Crippen LogP contribution in [0.4, 0.5) is 0 Å². The fourth-order valence-electron chi connectivity index (χ4n) is 2.84. The maximum atomic E-state index is 10.6. The van der Waals surface area contributed by atoms with Crippen molar-refractivity contribution in [2.45, 2.75) is 26.8 Å². The van der Waals surface area contributed by atoms with E-state index in [4.69, 9.17) is 5.11 Å². The number of piperazine rings is 1. The van der Waals surface area contributed by atoms with E-state index in [1.54, 1.807) is 0 Å². The molecule has 110 valence electrons. The Hall–Kier alpha value is -1.39. The zero-order chi connectivity index (χ0) is 14.5. The van der Waals surface area contributed by atoms with Gasteiger partial charge in [-0.1, -0.05) is 29.3 Å². The Bertz CT molecular complexity index is 445. The van der Waals surface area contributed by atoms with E-state index in [2.05, 4.69) is 41.8 Å². The van der Waals surface area contributed by atoms with Gasteiger partial charge in [0.2, 0.25) is 0 Å². The van der Waals surface area contributed by atoms with Crippen molar-refractivity contribution < 1.29 is 9.90 Å². The maximum absolute atomic E-state index is 10.6. The summed E-state index contributed by atoms with van der Waals surface area (Å²) in [6.07, 6.45) is 0.247. The molecule has 1 fully saturated rings. The summed E-state index contributed by atoms with van der Waals surface area (Å²) in [4.78, 5) is 15.3. The van der Waals surface area contributed by atoms with Gasteiger partial charge < -0.3 is 10.0 Å². The summed E-state index contributed by atoms with van der Waals surface area (Å²) in [5.74, 6) is -0.706. The third kappa shape index (κ3) is 4.62. The average Bonchev–Trinajstić information content (AvgIpc) is 2.36. The molecule has 0 radical (unpaired) electrons. The van der Waals surface area contributed by atoms with Gasteiger partial charge in [0.15, 0.2) is 0 Å². The van der Waals surface area contributed by atoms with Gasteiger partial charge in [0.1, 0.15) is 0 Å². The molecule has 2 rings (SSSR count). The van der Waals surface area contributed by atoms with Gasteiger partial charge >= 0.3 is 5.97 Å². The first-order valence-corrected chi connectivity index (χ1v) is 7.26. The highest BCUT2D eigenvalue weighted by atomic mass is 16.4. The maximum Gasteiger partial charge on any atom is 0.304 e. The molecule has 1 aromatic carbocycles. The fraction of sp³-hybridized carbons (Fsp3) is 0.562. The summed E-state index contributed by atoms with van der Waals surface area (Å²) in [7, 11) is 0. The van der Waals surface area contributed by atoms with Crippen molar-refractivity contribution in [1.29, 1.82) is 0 Å². The highest BCUT2D eigenvalue weighted by Crippen LogP contribution is 2.13. The van der Waals surface area contributed by atoms with Crippen LogP contribution in [-0.2, 0) is 11.3 Å². The van der Waals surface area contributed by atoms with E-state index >= 15 is 0 Å². The van der Waals surface area contributed by atoms with Crippen LogP contribution in [0.5, 0.6) is 0 Å². The topological polar surface area (TPSA) is 43.8 Å². The summed E-state index contributed by atoms with van der Waals surface area (Å²) in [5, 5.41) is 8.71. The molecule has 1 aliphatic heterocycles. The molecule has 1 heterocycles. The first kappa shape index (κ1) is 15.0. The number of carboxylic acid groups (broad SMARTS) is 1. The van der Waals surface area contributed by atoms with Gasteiger partial charge in [0, 0.05) is 39.3 Å². The molecule has 0 aliphatic carbocycles. The quantitative estimate of drug-likeness (QED) is 0.892. The second kappa shape index (κ2) is 6.86. The van der Waals surface area contributed by atoms with Crippen LogP contribution in [0, 0.1) is 13.8 Å². The van der Waals surface area contributed by atoms with E-state index < -0.39 is 5.97 Å². The van der Waals surface area contributed by atoms with Gasteiger partial charge in [-0.2, -0.15) is 0 Å². The molecule has 0 spiro atoms. The molecule has 0 saturated carbocycles. The lowest BCUT2D eigenvalue weighted by Gasteiger charge is -2.34. The summed E-state index contributed by atoms with van der Waals surface area (Å²) in [5.41, 5.74) is 4.02. The number of hydrogen-bond acceptors (Lipinski definition) is 3. The third-order valence-electron chi connectivity index (χ3n) is 3.79. The number of aliphatic carboxylic acids is 1. The predicted octanol–water partition coefficient (Wildman–Crippen LogP) is 1.90. The van der Waals surface area contributed by atoms with Crippen LogP contribution >= 0.6 is 0 Å². The van der Waals surface area contributed by atoms with Crippen molar-refractivity contribution in [2.24, 2.45) is 0 Å². The van der Waals surface area contributed by atoms with E-state index in [9.17, 15) is 4.79 Å². The minimum Gasteiger partial charge on any atom is -0.481 e. The van der Waals surface area contributed by atoms with Crippen molar-refractivity contribution in [2.75, 3.05) is 32.7 Å². The van der Waals surface area contributed by atoms with Crippen molar-refractivity contribution in [3.63, 3.8) is 0 Å². The molecule has 0 aromatic heterocycles. The molecule has 1 N–H and O–H groups in total. The minimum atomic E-state index is -0.706. The molecule has 4 heteroatoms. The Morgan fingerprint density at radius 1 is 1.05 bits per heavy atom. The van der Waals surface area contributed by atoms with E-state index in [1.807, 2.05) is 0 Å². The number of carbonyl (C=O) groups is 1. The molecule has 0 atom stereocenters. The lowest BCUT2D eigenvalue weighted by Crippen LogP contribution is -2.46. The van der Waals surface area contributed by atoms with E-state index in [1.165, 1.54) is 16.7 Å². The van der Waals surface area contributed by atoms with Gasteiger partial charge in [0.25, 0.3) is 0 Å². The fourth-order valence-corrected chi connectivity index (χ4v) is 2.84. The Morgan fingerprint density at radius 2 is 1.60 bits per heavy atom. The minimum absolute atomic E-state index is 0.247. The Kier molecular flexibility index (Phi) is 5.15. The predicted molar refractivity (Wildman–Crippen MR) is 79.9 cm³/mol. The Labute approximate surface area is 121 Å². The van der Waals surface area contributed by atoms with Crippen LogP contribution in [0.25, 0.3) is 0 Å². The summed E-state index contributed by atoms with van der Waals surface area (Å²) in [6.45, 7) is 9.93. The molecule has 0 bridgehead atoms. The smallest absolute Gasteiger partial charge is 0.304 e. The van der Waals surface area contributed by atoms with Crippen LogP contribution in [-0.4, -0.2) is 53.6 Å². The van der Waals surface area contributed by atoms with Gasteiger partial charge in [-0.25, -0.2) is 0 Å². The normalized spacial score (nSPS) is 17.3. The van der Waals surface area contributed by atoms with Crippen LogP contribution in [0.15, 0.2) is 18.2 Å². The molecule has 4 nitrogen and oxygen atoms in total. The second-order valence-corrected chi connectivity index (χ2v) is 5.76. The highest BCUT2D eigenvalue weighted by Gasteiger charge is 2.17. The largest absolute Gasteiger partial charge is 0.481 e. The first-order valence-electron chi connectivity index (χ1n) is 7.26. The molecule has 1 aromatic rings. The Balaban J connectivity index is 1.80. The number of benzene rings is 1. The zero-order valence-corrected chi connectivity index (χ0v) is 12.4. The molecule has 1 saturated heterocycles. The zero-order valence-electron chi connectivity index (χ0n) is 12.4. The number of rotatable bonds is 5. The van der Waals surface area contributed by atoms with Crippen LogP contribution in [0.1, 0.15) is 23.1 Å². The lowest BCUT2D eigenvalue weighted by atomic mass is 10.1. The van der Waals surface area contributed by atoms with Crippen molar-refractivity contribution >= 4 is 5.97 Å². The molecule has 0 amide bonds. The van der Waals surface area contributed by atoms with Crippen molar-refractivity contribution in [3.8, 4) is 0 Å². The van der Waals surface area contributed by atoms with Gasteiger partial charge in [-0.3, -0.25) is 9.69 Å². The van der Waals surface area contributed by atoms with E-state index in [0.717, 1.165) is 32.7 Å². The van der Waals surface area contributed by atoms with Crippen molar-refractivity contribution in [3.05, 3.63) is 34.9 Å². The van der Waals surface area contributed by atoms with Crippen LogP contribution in [0.2, 0.25) is 0 Å². The second-order valence-electron chi connectivity index (χ2n) is 5.76. The van der Waals surface area contributed by atoms with Crippen LogP contribution in [0.3, 0.4) is 0 Å². The highest BCUT2D eigenvalue weighted by molar-refractivity contribution is 5.66. The van der Waals surface area contributed by atoms with E-state index in [-0.39, 0.29) is 6.42 Å². The summed E-state index contributed by atoms with van der Waals surface area (Å²) in [6, 6.07) is 6.71. The van der Waals surface area contributed by atoms with Gasteiger partial charge in [0.05, 0.1) is 6.42 Å². The van der Waals surface area contributed by atoms with E-state index in [0.29, 0.717) is 6.54 Å². The van der Waals surface area contributed by atoms with Gasteiger partial charge in [-0.15, -0.1) is 0 Å². The van der Waals surface area contributed by atoms with Crippen LogP contribution < -0.4 is 0 Å². The third-order valence-corrected chi connectivity index (χ3v) is 3.79. The number of carboxylic acids is 1. The summed E-state index contributed by atoms with van der Waals surface area (Å²) >= 11 is 0. The monoisotopic (exact) mass is 276 g/mol. The average molecular weight is 276 g/mol. The molecular weight excluding hydrogens is 252 g/mol. The molecule has 20 heavy (non-hydrogen) atoms. The first-order chi connectivity index (χ1) is 9.52. The lowest BCUT2D eigenvalue weighted by molar-refractivity contribution is -0.137. The molecule has 0 unspecified atom stereocenters. The SMILES string of the molecule is Cc1cc(C)cc(CN2CCN(CCC(=O)O)CC2)c1. The molecular formula is C16H24N2O2. The summed E-state index contributed by atoms with van der Waals surface area (Å²) < 4.78 is 0. The standard InChI is InChI=1S/C16H24N2O2/c1-13-9-14(2)11-15(10-13)12-18-7-5-17(6-8-18)4-3-16(19)20/h9-11H,3-8,12H2,1-2H3,(H,19,20). The number of hydrogen-bond donors (Lipinski definition) is 1.